The molecule has 0 saturated carbocycles. The van der Waals surface area contributed by atoms with E-state index >= 15 is 0 Å². The molecule has 4 aromatic carbocycles. The number of hydrogen-bond donors (Lipinski definition) is 2. The molecule has 206 valence electrons. The summed E-state index contributed by atoms with van der Waals surface area (Å²) >= 11 is -2.09. The minimum absolute atomic E-state index is 0.151. The van der Waals surface area contributed by atoms with Gasteiger partial charge in [-0.05, 0) is 34.4 Å². The molecule has 2 atom stereocenters. The van der Waals surface area contributed by atoms with Gasteiger partial charge in [0.05, 0.1) is 0 Å². The normalized spacial score (nSPS) is 13.4. The highest BCUT2D eigenvalue weighted by Crippen LogP contribution is 2.28. The van der Waals surface area contributed by atoms with E-state index in [1.54, 1.807) is 60.7 Å². The Balaban J connectivity index is 1.56. The highest BCUT2D eigenvalue weighted by Gasteiger charge is 2.40. The predicted molar refractivity (Wildman–Crippen MR) is 151 cm³/mol. The molecule has 0 saturated heterocycles. The lowest BCUT2D eigenvalue weighted by Crippen LogP contribution is -2.42. The smallest absolute Gasteiger partial charge is 0.215 e. The molecule has 0 amide bonds. The average Bonchev–Trinajstić information content (AvgIpc) is 2.98. The molecule has 4 aromatic rings. The van der Waals surface area contributed by atoms with Gasteiger partial charge in [0.2, 0.25) is 11.6 Å². The Morgan fingerprint density at radius 1 is 0.625 bits per heavy atom. The number of rotatable bonds is 12. The van der Waals surface area contributed by atoms with Crippen LogP contribution in [0.1, 0.15) is 33.6 Å². The second-order valence-electron chi connectivity index (χ2n) is 9.17. The number of Topliss-reactive ketones (excluding diaryl/α,β-unsaturated/α-hetero) is 2. The molecule has 2 unspecified atom stereocenters. The number of aliphatic hydroxyl groups is 2. The van der Waals surface area contributed by atoms with Crippen LogP contribution in [0.2, 0.25) is 0 Å². The van der Waals surface area contributed by atoms with Crippen LogP contribution in [-0.2, 0) is 11.2 Å². The van der Waals surface area contributed by atoms with Crippen LogP contribution in [0.5, 0.6) is 0 Å². The van der Waals surface area contributed by atoms with E-state index in [2.05, 4.69) is 0 Å². The van der Waals surface area contributed by atoms with Gasteiger partial charge >= 0.3 is 0 Å². The summed E-state index contributed by atoms with van der Waals surface area (Å²) in [5.41, 5.74) is 2.26. The molecule has 0 aliphatic heterocycles. The maximum absolute atomic E-state index is 14.2. The minimum Gasteiger partial charge on any atom is -0.615 e. The summed E-state index contributed by atoms with van der Waals surface area (Å²) in [4.78, 5) is 26.8. The molecule has 0 spiro atoms. The van der Waals surface area contributed by atoms with Crippen LogP contribution in [0.15, 0.2) is 97.1 Å². The van der Waals surface area contributed by atoms with Crippen molar-refractivity contribution in [3.05, 3.63) is 120 Å². The topological polar surface area (TPSA) is 97.7 Å². The lowest BCUT2D eigenvalue weighted by Gasteiger charge is -2.26. The van der Waals surface area contributed by atoms with Crippen molar-refractivity contribution in [1.82, 2.24) is 0 Å². The quantitative estimate of drug-likeness (QED) is 0.173. The van der Waals surface area contributed by atoms with Gasteiger partial charge in [-0.25, -0.2) is 8.78 Å². The van der Waals surface area contributed by atoms with Crippen molar-refractivity contribution in [2.75, 3.05) is 13.2 Å². The summed E-state index contributed by atoms with van der Waals surface area (Å²) < 4.78 is 42.0. The molecule has 0 aliphatic carbocycles. The fourth-order valence-corrected chi connectivity index (χ4v) is 6.29. The number of halogens is 2. The molecular weight excluding hydrogens is 534 g/mol. The van der Waals surface area contributed by atoms with Gasteiger partial charge in [-0.15, -0.1) is 0 Å². The van der Waals surface area contributed by atoms with Crippen LogP contribution in [0.4, 0.5) is 8.78 Å². The molecule has 5 nitrogen and oxygen atoms in total. The van der Waals surface area contributed by atoms with Crippen molar-refractivity contribution in [1.29, 1.82) is 0 Å². The first kappa shape index (κ1) is 29.3. The fraction of sp³-hybridized carbons (Fsp3) is 0.188. The average molecular weight is 563 g/mol. The third-order valence-corrected chi connectivity index (χ3v) is 8.66. The number of hydrogen-bond acceptors (Lipinski definition) is 5. The fourth-order valence-electron chi connectivity index (χ4n) is 4.53. The highest BCUT2D eigenvalue weighted by atomic mass is 32.2. The summed E-state index contributed by atoms with van der Waals surface area (Å²) in [5, 5.41) is 16.9. The number of ketones is 2. The highest BCUT2D eigenvalue weighted by molar-refractivity contribution is 7.94. The second-order valence-corrected chi connectivity index (χ2v) is 11.0. The Bertz CT molecular complexity index is 1350. The van der Waals surface area contributed by atoms with Gasteiger partial charge in [0.25, 0.3) is 0 Å². The predicted octanol–water partition coefficient (Wildman–Crippen LogP) is 5.62. The van der Waals surface area contributed by atoms with Gasteiger partial charge in [0.15, 0.2) is 10.5 Å². The van der Waals surface area contributed by atoms with Gasteiger partial charge in [0, 0.05) is 48.3 Å². The molecule has 0 heterocycles. The monoisotopic (exact) mass is 562 g/mol. The molecule has 2 N–H and O–H groups in total. The van der Waals surface area contributed by atoms with Crippen molar-refractivity contribution < 1.29 is 33.1 Å². The number of aliphatic hydroxyl groups excluding tert-OH is 2. The van der Waals surface area contributed by atoms with E-state index in [1.165, 1.54) is 36.4 Å². The molecule has 8 heteroatoms. The van der Waals surface area contributed by atoms with Crippen LogP contribution >= 0.6 is 0 Å². The van der Waals surface area contributed by atoms with Crippen LogP contribution in [0, 0.1) is 11.6 Å². The molecule has 0 aromatic heterocycles. The lowest BCUT2D eigenvalue weighted by atomic mass is 10.00. The maximum atomic E-state index is 14.2. The molecule has 40 heavy (non-hydrogen) atoms. The molecule has 0 radical (unpaired) electrons. The Hall–Kier alpha value is -3.69. The van der Waals surface area contributed by atoms with Crippen LogP contribution in [0.3, 0.4) is 0 Å². The van der Waals surface area contributed by atoms with Gasteiger partial charge in [0.1, 0.15) is 11.6 Å². The third kappa shape index (κ3) is 6.54. The maximum Gasteiger partial charge on any atom is 0.215 e. The zero-order valence-corrected chi connectivity index (χ0v) is 22.3. The largest absolute Gasteiger partial charge is 0.615 e. The van der Waals surface area contributed by atoms with Crippen molar-refractivity contribution in [2.45, 2.75) is 23.3 Å². The van der Waals surface area contributed by atoms with Gasteiger partial charge < -0.3 is 14.8 Å². The van der Waals surface area contributed by atoms with Crippen molar-refractivity contribution in [3.63, 3.8) is 0 Å². The van der Waals surface area contributed by atoms with Gasteiger partial charge in [-0.2, -0.15) is 0 Å². The van der Waals surface area contributed by atoms with E-state index in [9.17, 15) is 33.1 Å². The third-order valence-electron chi connectivity index (χ3n) is 6.64. The lowest BCUT2D eigenvalue weighted by molar-refractivity contribution is 0.0967. The summed E-state index contributed by atoms with van der Waals surface area (Å²) in [6.45, 7) is -0.875. The first-order chi connectivity index (χ1) is 19.3. The Labute approximate surface area is 234 Å². The number of benzene rings is 4. The molecule has 4 rings (SSSR count). The zero-order chi connectivity index (χ0) is 28.6. The van der Waals surface area contributed by atoms with E-state index in [0.717, 1.165) is 0 Å². The SMILES string of the molecule is O=C(c1ccc(-c2ccccc2F)cc1)C(CCO)[S+]([O-])C(CCO)C(=O)c1ccc(-c2ccccc2F)cc1. The van der Waals surface area contributed by atoms with Gasteiger partial charge in [-0.1, -0.05) is 84.9 Å². The minimum atomic E-state index is -2.09. The van der Waals surface area contributed by atoms with E-state index in [-0.39, 0.29) is 24.0 Å². The van der Waals surface area contributed by atoms with Crippen molar-refractivity contribution >= 4 is 22.7 Å². The van der Waals surface area contributed by atoms with Crippen molar-refractivity contribution in [3.8, 4) is 22.3 Å². The summed E-state index contributed by atoms with van der Waals surface area (Å²) in [5.74, 6) is -1.88. The molecule has 0 bridgehead atoms. The number of carbonyl (C=O) groups excluding carboxylic acids is 2. The molecule has 0 aliphatic rings. The Kier molecular flexibility index (Phi) is 9.95. The summed E-state index contributed by atoms with van der Waals surface area (Å²) in [6.07, 6.45) is -0.302. The van der Waals surface area contributed by atoms with Crippen LogP contribution in [-0.4, -0.2) is 50.0 Å². The zero-order valence-electron chi connectivity index (χ0n) is 21.5. The first-order valence-corrected chi connectivity index (χ1v) is 14.0. The summed E-state index contributed by atoms with van der Waals surface area (Å²) in [6, 6.07) is 24.8. The number of carbonyl (C=O) groups is 2. The van der Waals surface area contributed by atoms with E-state index in [4.69, 9.17) is 0 Å². The van der Waals surface area contributed by atoms with Crippen LogP contribution in [0.25, 0.3) is 22.3 Å². The van der Waals surface area contributed by atoms with Crippen LogP contribution < -0.4 is 0 Å². The van der Waals surface area contributed by atoms with Gasteiger partial charge in [-0.3, -0.25) is 9.59 Å². The Morgan fingerprint density at radius 3 is 1.30 bits per heavy atom. The Morgan fingerprint density at radius 2 is 0.975 bits per heavy atom. The first-order valence-electron chi connectivity index (χ1n) is 12.7. The summed E-state index contributed by atoms with van der Waals surface area (Å²) in [7, 11) is 0. The van der Waals surface area contributed by atoms with E-state index < -0.39 is 58.1 Å². The molecule has 0 fully saturated rings. The van der Waals surface area contributed by atoms with E-state index in [0.29, 0.717) is 22.3 Å². The van der Waals surface area contributed by atoms with Crippen molar-refractivity contribution in [2.24, 2.45) is 0 Å². The standard InChI is InChI=1S/C32H28F2O5S/c33-27-7-3-1-5-25(27)21-9-13-23(14-10-21)31(37)29(17-19-35)40(39)30(18-20-36)32(38)24-15-11-22(12-16-24)26-6-2-4-8-28(26)34/h1-16,29-30,35-36H,17-20H2. The molecular formula is C32H28F2O5S. The second kappa shape index (κ2) is 13.6. The van der Waals surface area contributed by atoms with E-state index in [1.807, 2.05) is 0 Å².